The second kappa shape index (κ2) is 43.9. The third kappa shape index (κ3) is 21.6. The highest BCUT2D eigenvalue weighted by molar-refractivity contribution is 9.11. The summed E-state index contributed by atoms with van der Waals surface area (Å²) >= 11 is 29.2. The summed E-state index contributed by atoms with van der Waals surface area (Å²) in [6, 6.07) is 48.0. The molecular weight excluding hydrogens is 2180 g/mol. The van der Waals surface area contributed by atoms with Gasteiger partial charge in [0.1, 0.15) is 87.0 Å². The van der Waals surface area contributed by atoms with Gasteiger partial charge in [0.15, 0.2) is 5.82 Å². The molecule has 674 valence electrons. The zero-order valence-electron chi connectivity index (χ0n) is 69.7. The molecule has 20 rings (SSSR count). The van der Waals surface area contributed by atoms with Gasteiger partial charge in [-0.3, -0.25) is 49.6 Å². The summed E-state index contributed by atoms with van der Waals surface area (Å²) in [4.78, 5) is 76.8. The molecule has 13 heterocycles. The smallest absolute Gasteiger partial charge is 0.423 e. The van der Waals surface area contributed by atoms with Crippen molar-refractivity contribution in [2.45, 2.75) is 95.4 Å². The molecule has 0 radical (unpaired) electrons. The first kappa shape index (κ1) is 99.3. The number of carbonyl (C=O) groups is 1. The van der Waals surface area contributed by atoms with E-state index in [1.165, 1.54) is 110 Å². The molecule has 0 saturated carbocycles. The van der Waals surface area contributed by atoms with E-state index in [1.54, 1.807) is 63.5 Å². The minimum Gasteiger partial charge on any atom is -0.423 e. The summed E-state index contributed by atoms with van der Waals surface area (Å²) < 4.78 is 44.2. The van der Waals surface area contributed by atoms with Crippen LogP contribution < -0.4 is 16.2 Å². The maximum absolute atomic E-state index is 11.9. The molecule has 13 aromatic heterocycles. The summed E-state index contributed by atoms with van der Waals surface area (Å²) in [7, 11) is -1.30. The Morgan fingerprint density at radius 1 is 0.379 bits per heavy atom. The molecule has 0 spiro atoms. The molecule has 7 aromatic carbocycles. The molecular formula is C86H71BBr4N18O11S12. The minimum atomic E-state index is -1.30. The van der Waals surface area contributed by atoms with E-state index in [4.69, 9.17) is 35.9 Å². The van der Waals surface area contributed by atoms with Gasteiger partial charge in [-0.1, -0.05) is 88.7 Å². The molecule has 0 bridgehead atoms. The zero-order chi connectivity index (χ0) is 93.5. The van der Waals surface area contributed by atoms with E-state index < -0.39 is 49.6 Å². The molecule has 29 nitrogen and oxygen atoms in total. The van der Waals surface area contributed by atoms with Gasteiger partial charge < -0.3 is 21.5 Å². The number of aldehydes is 1. The number of aromatic amines is 1. The number of nitro benzene ring substituents is 4. The predicted octanol–water partition coefficient (Wildman–Crippen LogP) is 27.8. The zero-order valence-corrected chi connectivity index (χ0v) is 85.8. The van der Waals surface area contributed by atoms with Crippen molar-refractivity contribution < 1.29 is 34.5 Å². The van der Waals surface area contributed by atoms with Crippen molar-refractivity contribution in [2.24, 2.45) is 0 Å². The molecule has 0 fully saturated rings. The number of aryl methyl sites for hydroxylation is 9. The lowest BCUT2D eigenvalue weighted by atomic mass is 9.90. The van der Waals surface area contributed by atoms with Crippen LogP contribution in [0.25, 0.3) is 140 Å². The molecule has 46 heteroatoms. The van der Waals surface area contributed by atoms with Crippen molar-refractivity contribution in [3.63, 3.8) is 0 Å². The van der Waals surface area contributed by atoms with Gasteiger partial charge in [0.25, 0.3) is 0 Å². The summed E-state index contributed by atoms with van der Waals surface area (Å²) in [6.45, 7) is 18.4. The number of fused-ring (bicyclic) bond motifs is 6. The number of hydrogen-bond acceptors (Lipinski definition) is 36. The fourth-order valence-electron chi connectivity index (χ4n) is 13.6. The highest BCUT2D eigenvalue weighted by atomic mass is 79.9. The Morgan fingerprint density at radius 3 is 1.02 bits per heavy atom. The van der Waals surface area contributed by atoms with Crippen LogP contribution in [0.1, 0.15) is 89.7 Å². The molecule has 0 aliphatic rings. The Kier molecular flexibility index (Phi) is 33.0. The molecule has 0 unspecified atom stereocenters. The number of H-pyrrole nitrogens is 1. The number of nitrogen functional groups attached to an aromatic ring is 2. The molecule has 0 amide bonds. The van der Waals surface area contributed by atoms with E-state index in [2.05, 4.69) is 217 Å². The van der Waals surface area contributed by atoms with Crippen LogP contribution in [0.5, 0.6) is 0 Å². The highest BCUT2D eigenvalue weighted by Gasteiger charge is 2.41. The van der Waals surface area contributed by atoms with Crippen molar-refractivity contribution in [3.8, 4) is 74.0 Å². The van der Waals surface area contributed by atoms with Crippen LogP contribution in [0.4, 0.5) is 34.1 Å². The molecule has 7 N–H and O–H groups in total. The van der Waals surface area contributed by atoms with Gasteiger partial charge in [0.2, 0.25) is 0 Å². The molecule has 0 saturated heterocycles. The Morgan fingerprint density at radius 2 is 0.697 bits per heavy atom. The number of hydrogen-bond donors (Lipinski definition) is 5. The summed E-state index contributed by atoms with van der Waals surface area (Å²) in [5.74, 6) is 0.772. The van der Waals surface area contributed by atoms with Crippen LogP contribution in [0.2, 0.25) is 0 Å². The number of nitrogens with two attached hydrogens (primary N) is 2. The SMILES string of the molecule is Brc1ccc(Br)c2nsnc12.C.CCCc1ccc(-c2nc3c(-c4ccc(C)s4)c4ns[nH]c4c(-c4ccc(C)s4)c3n2)cc1.CCCc1ccc(C=O)cc1.Cc1ccc(-c2c(N)c(N)c(-c3ccc(C)s3)c3nsnc23)s1.Cc1ccc(-c2c([N+](=O)[O-])c([N+](=O)[O-])c(-c3ccc(C)s3)c3nsnc23)s1.Cc1ccc(B(O)O)s1.O=[N+]([O-])c1c([N+](=O)[O-])c(Br)c2nsnc2c1Br. The van der Waals surface area contributed by atoms with E-state index in [1.807, 2.05) is 75.4 Å². The third-order valence-corrected chi connectivity index (χ3v) is 32.1. The predicted molar refractivity (Wildman–Crippen MR) is 562 cm³/mol. The average Bonchev–Trinajstić information content (AvgIpc) is 1.63. The van der Waals surface area contributed by atoms with Crippen molar-refractivity contribution >= 4 is 320 Å². The van der Waals surface area contributed by atoms with Gasteiger partial charge in [0, 0.05) is 122 Å². The van der Waals surface area contributed by atoms with Crippen molar-refractivity contribution in [2.75, 3.05) is 11.5 Å². The number of thiophene rings is 7. The lowest BCUT2D eigenvalue weighted by molar-refractivity contribution is -0.423. The lowest BCUT2D eigenvalue weighted by Crippen LogP contribution is -2.26. The Hall–Kier alpha value is -10.2. The number of nitrogens with zero attached hydrogens (tertiary/aromatic N) is 15. The quantitative estimate of drug-likeness (QED) is 0.0186. The standard InChI is InChI=1S/C26H22N4S3.C16H10N4O4S3.C16H14N4S3.C10H12O.C6Br2N4O4S.C6H2Br2N2S.C5H7BO2S.CH4/c1-4-5-16-8-10-17(11-9-16)26-27-22-20(18-12-6-14(2)31-18)24-25(30-33-29-24)21(23(22)28-26)19-13-7-15(3)32-19;1-7-3-5-9(25-7)11-13-14(18-27-17-13)12(10-6-4-8(2)26-10)16(20(23)24)15(11)19(21)22;1-7-3-5-9(21-7)11-13(17)14(18)12(10-6-4-8(2)22-10)16-15(11)19-23-20-16;1-2-3-9-4-6-10(8-11)7-5-9;7-1-3-4(10-17-9-3)2(8)6(12(15)16)5(1)11(13)14;7-3-1-2-4(8)6-5(3)9-11-10-6;1-4-2-3-5(9-4)6(7)8;/h6-13,29H,4-5H2,1-3H3;3-6H,1-2H3;3-6H,17-18H2,1-2H3;4-8H,2-3H2,1H3;;1-2H;2-3,7-8H,1H3;1H4. The van der Waals surface area contributed by atoms with Crippen LogP contribution in [-0.2, 0) is 12.8 Å². The van der Waals surface area contributed by atoms with Gasteiger partial charge >= 0.3 is 29.9 Å². The number of anilines is 2. The second-order valence-corrected chi connectivity index (χ2v) is 43.6. The maximum atomic E-state index is 11.9. The normalized spacial score (nSPS) is 10.9. The summed E-state index contributed by atoms with van der Waals surface area (Å²) in [5, 5.41) is 62.8. The van der Waals surface area contributed by atoms with Crippen molar-refractivity contribution in [1.82, 2.24) is 53.7 Å². The monoisotopic (exact) mass is 2240 g/mol. The fourth-order valence-corrected chi connectivity index (χ4v) is 25.3. The number of rotatable bonds is 17. The summed E-state index contributed by atoms with van der Waals surface area (Å²) in [5.41, 5.74) is 28.9. The van der Waals surface area contributed by atoms with Crippen molar-refractivity contribution in [1.29, 1.82) is 0 Å². The highest BCUT2D eigenvalue weighted by Crippen LogP contribution is 2.54. The second-order valence-electron chi connectivity index (χ2n) is 28.6. The molecule has 0 aliphatic heterocycles. The molecule has 132 heavy (non-hydrogen) atoms. The fraction of sp³-hybridized carbons (Fsp3) is 0.163. The minimum absolute atomic E-state index is 0. The Balaban J connectivity index is 0.000000137. The topological polar surface area (TPSA) is 440 Å². The average molecular weight is 2250 g/mol. The first-order chi connectivity index (χ1) is 62.9. The van der Waals surface area contributed by atoms with Crippen LogP contribution in [0, 0.1) is 88.9 Å². The number of halogens is 4. The van der Waals surface area contributed by atoms with Crippen LogP contribution in [0.3, 0.4) is 0 Å². The first-order valence-corrected chi connectivity index (χ1v) is 51.5. The van der Waals surface area contributed by atoms with E-state index in [0.717, 1.165) is 172 Å². The summed E-state index contributed by atoms with van der Waals surface area (Å²) in [6.07, 6.45) is 5.35. The molecule has 0 atom stereocenters. The molecule has 20 aromatic rings. The van der Waals surface area contributed by atoms with E-state index >= 15 is 0 Å². The maximum Gasteiger partial charge on any atom is 0.499 e. The van der Waals surface area contributed by atoms with E-state index in [0.29, 0.717) is 36.9 Å². The number of nitro groups is 4. The van der Waals surface area contributed by atoms with Gasteiger partial charge in [-0.05, 0) is 227 Å². The number of carbonyl (C=O) groups excluding carboxylic acids is 1. The molecule has 0 aliphatic carbocycles. The third-order valence-electron chi connectivity index (χ3n) is 19.5. The largest absolute Gasteiger partial charge is 0.499 e. The number of nitrogens with one attached hydrogen (secondary N) is 1. The first-order valence-electron chi connectivity index (χ1n) is 38.9. The van der Waals surface area contributed by atoms with Gasteiger partial charge in [0.05, 0.1) is 83.5 Å². The Bertz CT molecular complexity index is 7300. The number of imidazole rings is 1. The van der Waals surface area contributed by atoms with Crippen LogP contribution in [-0.4, -0.2) is 96.8 Å². The van der Waals surface area contributed by atoms with Gasteiger partial charge in [-0.2, -0.15) is 39.4 Å². The van der Waals surface area contributed by atoms with E-state index in [9.17, 15) is 45.3 Å². The van der Waals surface area contributed by atoms with Crippen LogP contribution >= 0.6 is 202 Å². The number of benzene rings is 7. The van der Waals surface area contributed by atoms with Crippen LogP contribution in [0.15, 0.2) is 163 Å². The lowest BCUT2D eigenvalue weighted by Gasteiger charge is -2.12. The van der Waals surface area contributed by atoms with Crippen molar-refractivity contribution in [3.05, 3.63) is 255 Å². The van der Waals surface area contributed by atoms with Gasteiger partial charge in [-0.15, -0.1) is 79.4 Å². The number of aromatic nitrogens is 12. The Labute approximate surface area is 835 Å². The van der Waals surface area contributed by atoms with Gasteiger partial charge in [-0.25, -0.2) is 9.97 Å². The van der Waals surface area contributed by atoms with E-state index in [-0.39, 0.29) is 38.5 Å².